The molecule has 0 aliphatic heterocycles. The summed E-state index contributed by atoms with van der Waals surface area (Å²) in [5, 5.41) is 27.6. The Morgan fingerprint density at radius 3 is 2.81 bits per heavy atom. The van der Waals surface area contributed by atoms with Gasteiger partial charge < -0.3 is 15.5 Å². The molecule has 0 aliphatic rings. The molecule has 0 unspecified atom stereocenters. The predicted molar refractivity (Wildman–Crippen MR) is 80.3 cm³/mol. The SMILES string of the molecule is Cc1nn(C)c2ncc(NCc3ccc(O)cc3O)cc12. The Labute approximate surface area is 121 Å². The molecule has 108 valence electrons. The first-order valence-electron chi connectivity index (χ1n) is 6.58. The van der Waals surface area contributed by atoms with Crippen LogP contribution in [0.2, 0.25) is 0 Å². The topological polar surface area (TPSA) is 83.2 Å². The van der Waals surface area contributed by atoms with Crippen molar-refractivity contribution in [2.24, 2.45) is 7.05 Å². The summed E-state index contributed by atoms with van der Waals surface area (Å²) in [6.07, 6.45) is 1.74. The van der Waals surface area contributed by atoms with Gasteiger partial charge in [0.25, 0.3) is 0 Å². The van der Waals surface area contributed by atoms with E-state index < -0.39 is 0 Å². The van der Waals surface area contributed by atoms with Gasteiger partial charge in [-0.25, -0.2) is 4.98 Å². The minimum atomic E-state index is 0.0466. The number of aromatic hydroxyl groups is 2. The number of hydrogen-bond donors (Lipinski definition) is 3. The Hall–Kier alpha value is -2.76. The predicted octanol–water partition coefficient (Wildman–Crippen LogP) is 2.30. The van der Waals surface area contributed by atoms with Crippen LogP contribution in [0.4, 0.5) is 5.69 Å². The molecule has 3 N–H and O–H groups in total. The van der Waals surface area contributed by atoms with Crippen molar-refractivity contribution in [1.82, 2.24) is 14.8 Å². The van der Waals surface area contributed by atoms with Crippen LogP contribution < -0.4 is 5.32 Å². The van der Waals surface area contributed by atoms with Crippen molar-refractivity contribution in [3.05, 3.63) is 41.7 Å². The highest BCUT2D eigenvalue weighted by molar-refractivity contribution is 5.81. The minimum absolute atomic E-state index is 0.0466. The standard InChI is InChI=1S/C15H16N4O2/c1-9-13-5-11(8-17-15(13)19(2)18-9)16-7-10-3-4-12(20)6-14(10)21/h3-6,8,16,20-21H,7H2,1-2H3. The molecule has 1 aromatic carbocycles. The zero-order valence-corrected chi connectivity index (χ0v) is 11.8. The first-order chi connectivity index (χ1) is 10.0. The lowest BCUT2D eigenvalue weighted by atomic mass is 10.2. The van der Waals surface area contributed by atoms with E-state index in [-0.39, 0.29) is 11.5 Å². The van der Waals surface area contributed by atoms with Crippen LogP contribution in [0.1, 0.15) is 11.3 Å². The van der Waals surface area contributed by atoms with E-state index in [0.29, 0.717) is 12.1 Å². The second kappa shape index (κ2) is 4.97. The number of nitrogens with zero attached hydrogens (tertiary/aromatic N) is 3. The van der Waals surface area contributed by atoms with Gasteiger partial charge >= 0.3 is 0 Å². The zero-order valence-electron chi connectivity index (χ0n) is 11.8. The molecule has 6 heteroatoms. The smallest absolute Gasteiger partial charge is 0.157 e. The van der Waals surface area contributed by atoms with Crippen LogP contribution in [0.15, 0.2) is 30.5 Å². The molecule has 6 nitrogen and oxygen atoms in total. The maximum atomic E-state index is 9.76. The van der Waals surface area contributed by atoms with Gasteiger partial charge in [-0.05, 0) is 25.1 Å². The molecule has 3 rings (SSSR count). The molecule has 0 saturated carbocycles. The van der Waals surface area contributed by atoms with Crippen LogP contribution in [0.25, 0.3) is 11.0 Å². The van der Waals surface area contributed by atoms with Gasteiger partial charge in [-0.15, -0.1) is 0 Å². The molecule has 0 bridgehead atoms. The Morgan fingerprint density at radius 1 is 1.24 bits per heavy atom. The highest BCUT2D eigenvalue weighted by Crippen LogP contribution is 2.24. The van der Waals surface area contributed by atoms with Gasteiger partial charge in [0, 0.05) is 30.6 Å². The molecule has 0 amide bonds. The lowest BCUT2D eigenvalue weighted by Gasteiger charge is -2.08. The summed E-state index contributed by atoms with van der Waals surface area (Å²) in [6.45, 7) is 2.39. The number of rotatable bonds is 3. The number of aromatic nitrogens is 3. The molecule has 2 heterocycles. The van der Waals surface area contributed by atoms with Crippen molar-refractivity contribution >= 4 is 16.7 Å². The normalized spacial score (nSPS) is 11.0. The summed E-state index contributed by atoms with van der Waals surface area (Å²) >= 11 is 0. The largest absolute Gasteiger partial charge is 0.508 e. The first-order valence-corrected chi connectivity index (χ1v) is 6.58. The van der Waals surface area contributed by atoms with Crippen molar-refractivity contribution < 1.29 is 10.2 Å². The third kappa shape index (κ3) is 2.47. The molecular weight excluding hydrogens is 268 g/mol. The summed E-state index contributed by atoms with van der Waals surface area (Å²) in [4.78, 5) is 4.39. The molecule has 0 spiro atoms. The fraction of sp³-hybridized carbons (Fsp3) is 0.200. The van der Waals surface area contributed by atoms with Crippen molar-refractivity contribution in [2.45, 2.75) is 13.5 Å². The number of pyridine rings is 1. The lowest BCUT2D eigenvalue weighted by molar-refractivity contribution is 0.446. The number of phenols is 2. The minimum Gasteiger partial charge on any atom is -0.508 e. The van der Waals surface area contributed by atoms with Crippen molar-refractivity contribution in [3.63, 3.8) is 0 Å². The van der Waals surface area contributed by atoms with E-state index in [2.05, 4.69) is 15.4 Å². The molecule has 0 fully saturated rings. The number of anilines is 1. The van der Waals surface area contributed by atoms with E-state index in [1.807, 2.05) is 20.0 Å². The third-order valence-electron chi connectivity index (χ3n) is 3.41. The number of benzene rings is 1. The van der Waals surface area contributed by atoms with Gasteiger partial charge in [-0.1, -0.05) is 0 Å². The zero-order chi connectivity index (χ0) is 15.0. The molecule has 0 atom stereocenters. The monoisotopic (exact) mass is 284 g/mol. The van der Waals surface area contributed by atoms with Gasteiger partial charge in [0.2, 0.25) is 0 Å². The van der Waals surface area contributed by atoms with Crippen LogP contribution in [0, 0.1) is 6.92 Å². The van der Waals surface area contributed by atoms with E-state index in [1.54, 1.807) is 23.0 Å². The van der Waals surface area contributed by atoms with E-state index in [0.717, 1.165) is 22.4 Å². The number of phenolic OH excluding ortho intramolecular Hbond substituents is 2. The average Bonchev–Trinajstić information content (AvgIpc) is 2.73. The summed E-state index contributed by atoms with van der Waals surface area (Å²) in [5.41, 5.74) is 3.32. The average molecular weight is 284 g/mol. The molecule has 0 aliphatic carbocycles. The second-order valence-electron chi connectivity index (χ2n) is 4.97. The Kier molecular flexibility index (Phi) is 3.13. The lowest BCUT2D eigenvalue weighted by Crippen LogP contribution is -2.00. The first kappa shape index (κ1) is 13.2. The number of hydrogen-bond acceptors (Lipinski definition) is 5. The Bertz CT molecular complexity index is 811. The van der Waals surface area contributed by atoms with Crippen molar-refractivity contribution in [1.29, 1.82) is 0 Å². The molecule has 0 radical (unpaired) electrons. The quantitative estimate of drug-likeness (QED) is 0.687. The molecule has 0 saturated heterocycles. The highest BCUT2D eigenvalue weighted by Gasteiger charge is 2.07. The Morgan fingerprint density at radius 2 is 2.05 bits per heavy atom. The summed E-state index contributed by atoms with van der Waals surface area (Å²) in [5.74, 6) is 0.111. The van der Waals surface area contributed by atoms with E-state index in [1.165, 1.54) is 6.07 Å². The van der Waals surface area contributed by atoms with Crippen LogP contribution in [-0.4, -0.2) is 25.0 Å². The summed E-state index contributed by atoms with van der Waals surface area (Å²) in [6, 6.07) is 6.54. The van der Waals surface area contributed by atoms with Crippen molar-refractivity contribution in [2.75, 3.05) is 5.32 Å². The molecule has 2 aromatic heterocycles. The molecule has 3 aromatic rings. The van der Waals surface area contributed by atoms with Gasteiger partial charge in [-0.3, -0.25) is 4.68 Å². The van der Waals surface area contributed by atoms with Gasteiger partial charge in [-0.2, -0.15) is 5.10 Å². The number of aryl methyl sites for hydroxylation is 2. The van der Waals surface area contributed by atoms with Crippen LogP contribution in [0.3, 0.4) is 0 Å². The van der Waals surface area contributed by atoms with E-state index in [4.69, 9.17) is 0 Å². The summed E-state index contributed by atoms with van der Waals surface area (Å²) in [7, 11) is 1.86. The molecule has 21 heavy (non-hydrogen) atoms. The third-order valence-corrected chi connectivity index (χ3v) is 3.41. The fourth-order valence-corrected chi connectivity index (χ4v) is 2.30. The van der Waals surface area contributed by atoms with Gasteiger partial charge in [0.05, 0.1) is 17.6 Å². The van der Waals surface area contributed by atoms with Crippen LogP contribution in [-0.2, 0) is 13.6 Å². The highest BCUT2D eigenvalue weighted by atomic mass is 16.3. The van der Waals surface area contributed by atoms with Crippen LogP contribution in [0.5, 0.6) is 11.5 Å². The van der Waals surface area contributed by atoms with E-state index >= 15 is 0 Å². The Balaban J connectivity index is 1.83. The second-order valence-corrected chi connectivity index (χ2v) is 4.97. The summed E-state index contributed by atoms with van der Waals surface area (Å²) < 4.78 is 1.75. The number of nitrogens with one attached hydrogen (secondary N) is 1. The van der Waals surface area contributed by atoms with Gasteiger partial charge in [0.15, 0.2) is 5.65 Å². The fourth-order valence-electron chi connectivity index (χ4n) is 2.30. The maximum Gasteiger partial charge on any atom is 0.157 e. The van der Waals surface area contributed by atoms with Gasteiger partial charge in [0.1, 0.15) is 11.5 Å². The number of fused-ring (bicyclic) bond motifs is 1. The van der Waals surface area contributed by atoms with Crippen LogP contribution >= 0.6 is 0 Å². The molecular formula is C15H16N4O2. The van der Waals surface area contributed by atoms with Crippen molar-refractivity contribution in [3.8, 4) is 11.5 Å². The maximum absolute atomic E-state index is 9.76. The van der Waals surface area contributed by atoms with E-state index in [9.17, 15) is 10.2 Å².